The van der Waals surface area contributed by atoms with Crippen molar-refractivity contribution in [3.05, 3.63) is 76.2 Å². The molecule has 2 aromatic heterocycles. The number of hydrogen-bond donors (Lipinski definition) is 1. The number of thiophene rings is 1. The molecule has 1 atom stereocenters. The molecule has 0 saturated carbocycles. The number of rotatable bonds is 7. The number of benzene rings is 2. The molecule has 182 valence electrons. The highest BCUT2D eigenvalue weighted by Gasteiger charge is 2.24. The van der Waals surface area contributed by atoms with Crippen LogP contribution in [0.2, 0.25) is 0 Å². The number of carbonyl (C=O) groups is 1. The summed E-state index contributed by atoms with van der Waals surface area (Å²) in [5, 5.41) is 3.30. The van der Waals surface area contributed by atoms with Crippen LogP contribution in [0.25, 0.3) is 21.3 Å². The van der Waals surface area contributed by atoms with Gasteiger partial charge in [-0.3, -0.25) is 14.2 Å². The molecular formula is C25H26N4O4S2. The number of carbonyl (C=O) groups excluding carboxylic acids is 1. The van der Waals surface area contributed by atoms with E-state index < -0.39 is 16.1 Å². The van der Waals surface area contributed by atoms with E-state index in [2.05, 4.69) is 10.3 Å². The van der Waals surface area contributed by atoms with Gasteiger partial charge in [-0.15, -0.1) is 11.3 Å². The highest BCUT2D eigenvalue weighted by Crippen LogP contribution is 2.35. The Balaban J connectivity index is 1.68. The second-order valence-electron chi connectivity index (χ2n) is 8.26. The quantitative estimate of drug-likeness (QED) is 0.400. The molecule has 0 aliphatic heterocycles. The molecule has 10 heteroatoms. The molecule has 2 aromatic carbocycles. The lowest BCUT2D eigenvalue weighted by atomic mass is 10.0. The van der Waals surface area contributed by atoms with Gasteiger partial charge in [-0.1, -0.05) is 37.3 Å². The molecule has 0 fully saturated rings. The first-order chi connectivity index (χ1) is 16.6. The summed E-state index contributed by atoms with van der Waals surface area (Å²) in [4.78, 5) is 33.0. The third-order valence-electron chi connectivity index (χ3n) is 5.80. The van der Waals surface area contributed by atoms with Crippen LogP contribution in [-0.2, 0) is 14.8 Å². The Morgan fingerprint density at radius 1 is 1.11 bits per heavy atom. The Kier molecular flexibility index (Phi) is 6.88. The Hall–Kier alpha value is -3.34. The summed E-state index contributed by atoms with van der Waals surface area (Å²) >= 11 is 1.45. The van der Waals surface area contributed by atoms with Crippen molar-refractivity contribution >= 4 is 43.2 Å². The van der Waals surface area contributed by atoms with E-state index in [0.29, 0.717) is 22.3 Å². The number of anilines is 1. The largest absolute Gasteiger partial charge is 0.324 e. The van der Waals surface area contributed by atoms with Gasteiger partial charge < -0.3 is 5.32 Å². The lowest BCUT2D eigenvalue weighted by Gasteiger charge is -2.18. The maximum atomic E-state index is 13.6. The van der Waals surface area contributed by atoms with Crippen LogP contribution in [0.5, 0.6) is 0 Å². The minimum Gasteiger partial charge on any atom is -0.324 e. The monoisotopic (exact) mass is 510 g/mol. The Bertz CT molecular complexity index is 1540. The smallest absolute Gasteiger partial charge is 0.263 e. The number of nitrogens with one attached hydrogen (secondary N) is 1. The number of fused-ring (bicyclic) bond motifs is 1. The number of aromatic nitrogens is 2. The van der Waals surface area contributed by atoms with Gasteiger partial charge in [0.05, 0.1) is 16.6 Å². The van der Waals surface area contributed by atoms with Crippen molar-refractivity contribution in [2.24, 2.45) is 0 Å². The molecule has 0 spiro atoms. The van der Waals surface area contributed by atoms with Crippen molar-refractivity contribution in [2.45, 2.75) is 31.2 Å². The molecule has 4 aromatic rings. The van der Waals surface area contributed by atoms with E-state index in [1.807, 2.05) is 44.2 Å². The van der Waals surface area contributed by atoms with Gasteiger partial charge in [0.1, 0.15) is 10.9 Å². The number of aryl methyl sites for hydroxylation is 1. The van der Waals surface area contributed by atoms with Crippen molar-refractivity contribution < 1.29 is 13.2 Å². The van der Waals surface area contributed by atoms with Crippen LogP contribution in [-0.4, -0.2) is 42.3 Å². The van der Waals surface area contributed by atoms with Gasteiger partial charge in [0.15, 0.2) is 0 Å². The zero-order valence-electron chi connectivity index (χ0n) is 19.8. The zero-order valence-corrected chi connectivity index (χ0v) is 21.5. The molecule has 4 rings (SSSR count). The molecular weight excluding hydrogens is 484 g/mol. The maximum Gasteiger partial charge on any atom is 0.263 e. The minimum atomic E-state index is -3.57. The Labute approximate surface area is 207 Å². The normalized spacial score (nSPS) is 12.7. The topological polar surface area (TPSA) is 101 Å². The second-order valence-corrected chi connectivity index (χ2v) is 11.6. The van der Waals surface area contributed by atoms with E-state index in [-0.39, 0.29) is 16.4 Å². The van der Waals surface area contributed by atoms with Crippen LogP contribution in [0.1, 0.15) is 24.3 Å². The van der Waals surface area contributed by atoms with E-state index in [1.165, 1.54) is 60.6 Å². The average Bonchev–Trinajstić information content (AvgIpc) is 3.18. The Morgan fingerprint density at radius 2 is 1.77 bits per heavy atom. The van der Waals surface area contributed by atoms with Crippen LogP contribution >= 0.6 is 11.3 Å². The molecule has 8 nitrogen and oxygen atoms in total. The molecule has 0 aliphatic rings. The summed E-state index contributed by atoms with van der Waals surface area (Å²) in [5.41, 5.74) is 1.93. The van der Waals surface area contributed by atoms with Gasteiger partial charge in [0.25, 0.3) is 5.56 Å². The summed E-state index contributed by atoms with van der Waals surface area (Å²) in [6, 6.07) is 14.8. The summed E-state index contributed by atoms with van der Waals surface area (Å²) in [7, 11) is -0.658. The van der Waals surface area contributed by atoms with Crippen LogP contribution in [0.4, 0.5) is 5.69 Å². The van der Waals surface area contributed by atoms with Crippen molar-refractivity contribution in [3.63, 3.8) is 0 Å². The van der Waals surface area contributed by atoms with E-state index >= 15 is 0 Å². The predicted octanol–water partition coefficient (Wildman–Crippen LogP) is 4.27. The lowest BCUT2D eigenvalue weighted by Crippen LogP contribution is -2.33. The second kappa shape index (κ2) is 9.73. The zero-order chi connectivity index (χ0) is 25.3. The number of amides is 1. The summed E-state index contributed by atoms with van der Waals surface area (Å²) < 4.78 is 27.1. The van der Waals surface area contributed by atoms with Gasteiger partial charge in [0.2, 0.25) is 15.9 Å². The van der Waals surface area contributed by atoms with Gasteiger partial charge in [0, 0.05) is 30.2 Å². The number of hydrogen-bond acceptors (Lipinski definition) is 6. The van der Waals surface area contributed by atoms with Gasteiger partial charge in [-0.2, -0.15) is 0 Å². The van der Waals surface area contributed by atoms with Gasteiger partial charge in [-0.25, -0.2) is 17.7 Å². The van der Waals surface area contributed by atoms with Gasteiger partial charge in [-0.05, 0) is 43.2 Å². The maximum absolute atomic E-state index is 13.6. The van der Waals surface area contributed by atoms with E-state index in [4.69, 9.17) is 0 Å². The number of nitrogens with zero attached hydrogens (tertiary/aromatic N) is 3. The fourth-order valence-electron chi connectivity index (χ4n) is 3.94. The van der Waals surface area contributed by atoms with Crippen LogP contribution < -0.4 is 10.9 Å². The molecule has 0 bridgehead atoms. The first kappa shape index (κ1) is 24.8. The highest BCUT2D eigenvalue weighted by atomic mass is 32.2. The van der Waals surface area contributed by atoms with E-state index in [1.54, 1.807) is 0 Å². The summed E-state index contributed by atoms with van der Waals surface area (Å²) in [5.74, 6) is -0.382. The summed E-state index contributed by atoms with van der Waals surface area (Å²) in [6.07, 6.45) is 1.80. The van der Waals surface area contributed by atoms with Crippen LogP contribution in [0, 0.1) is 6.92 Å². The minimum absolute atomic E-state index is 0.125. The molecule has 2 heterocycles. The molecule has 0 aliphatic carbocycles. The van der Waals surface area contributed by atoms with Crippen molar-refractivity contribution in [1.82, 2.24) is 13.9 Å². The first-order valence-electron chi connectivity index (χ1n) is 11.0. The highest BCUT2D eigenvalue weighted by molar-refractivity contribution is 7.89. The number of sulfonamides is 1. The summed E-state index contributed by atoms with van der Waals surface area (Å²) in [6.45, 7) is 3.78. The average molecular weight is 511 g/mol. The third kappa shape index (κ3) is 4.64. The van der Waals surface area contributed by atoms with Crippen molar-refractivity contribution in [2.75, 3.05) is 19.4 Å². The molecule has 0 radical (unpaired) electrons. The third-order valence-corrected chi connectivity index (χ3v) is 8.64. The lowest BCUT2D eigenvalue weighted by molar-refractivity contribution is -0.119. The Morgan fingerprint density at radius 3 is 2.37 bits per heavy atom. The fourth-order valence-corrected chi connectivity index (χ4v) is 5.85. The predicted molar refractivity (Wildman–Crippen MR) is 139 cm³/mol. The van der Waals surface area contributed by atoms with Crippen LogP contribution in [0.3, 0.4) is 0 Å². The van der Waals surface area contributed by atoms with E-state index in [9.17, 15) is 18.0 Å². The van der Waals surface area contributed by atoms with E-state index in [0.717, 1.165) is 20.3 Å². The molecule has 1 N–H and O–H groups in total. The SMILES string of the molecule is CCC(C(=O)Nc1ccc(S(=O)(=O)N(C)C)cc1)n1cnc2sc(C)c(-c3ccccc3)c2c1=O. The molecule has 1 unspecified atom stereocenters. The van der Waals surface area contributed by atoms with Crippen molar-refractivity contribution in [1.29, 1.82) is 0 Å². The first-order valence-corrected chi connectivity index (χ1v) is 13.3. The molecule has 35 heavy (non-hydrogen) atoms. The van der Waals surface area contributed by atoms with Crippen molar-refractivity contribution in [3.8, 4) is 11.1 Å². The fraction of sp³-hybridized carbons (Fsp3) is 0.240. The molecule has 1 amide bonds. The molecule has 0 saturated heterocycles. The van der Waals surface area contributed by atoms with Crippen LogP contribution in [0.15, 0.2) is 70.6 Å². The standard InChI is InChI=1S/C25H26N4O4S2/c1-5-20(23(30)27-18-11-13-19(14-12-18)35(32,33)28(3)4)29-15-26-24-22(25(29)31)21(16(2)34-24)17-9-7-6-8-10-17/h6-15,20H,5H2,1-4H3,(H,27,30). The van der Waals surface area contributed by atoms with Gasteiger partial charge >= 0.3 is 0 Å².